The number of carbonyl (C=O) groups excluding carboxylic acids is 1. The summed E-state index contributed by atoms with van der Waals surface area (Å²) in [6, 6.07) is 12.4. The van der Waals surface area contributed by atoms with Crippen molar-refractivity contribution in [2.24, 2.45) is 0 Å². The third-order valence-corrected chi connectivity index (χ3v) is 6.00. The van der Waals surface area contributed by atoms with Gasteiger partial charge in [-0.15, -0.1) is 12.4 Å². The summed E-state index contributed by atoms with van der Waals surface area (Å²) in [6.45, 7) is 1.74. The van der Waals surface area contributed by atoms with E-state index in [0.29, 0.717) is 23.4 Å². The topological polar surface area (TPSA) is 101 Å². The van der Waals surface area contributed by atoms with Crippen molar-refractivity contribution in [3.8, 4) is 0 Å². The number of halogens is 1. The predicted molar refractivity (Wildman–Crippen MR) is 110 cm³/mol. The number of nitrogens with two attached hydrogens (primary N) is 1. The Morgan fingerprint density at radius 1 is 1.19 bits per heavy atom. The van der Waals surface area contributed by atoms with Gasteiger partial charge >= 0.3 is 0 Å². The van der Waals surface area contributed by atoms with Crippen molar-refractivity contribution in [3.05, 3.63) is 53.6 Å². The molecular formula is C19H24ClN3O3S. The van der Waals surface area contributed by atoms with E-state index >= 15 is 0 Å². The molecule has 1 aliphatic rings. The number of hydrogen-bond donors (Lipinski definition) is 3. The molecule has 0 aliphatic heterocycles. The quantitative estimate of drug-likeness (QED) is 0.612. The summed E-state index contributed by atoms with van der Waals surface area (Å²) in [5.74, 6) is -0.185. The van der Waals surface area contributed by atoms with Gasteiger partial charge in [0.1, 0.15) is 0 Å². The van der Waals surface area contributed by atoms with Crippen molar-refractivity contribution in [1.82, 2.24) is 4.72 Å². The van der Waals surface area contributed by atoms with Gasteiger partial charge < -0.3 is 11.1 Å². The maximum absolute atomic E-state index is 12.5. The van der Waals surface area contributed by atoms with Gasteiger partial charge in [-0.2, -0.15) is 0 Å². The minimum atomic E-state index is -3.56. The molecule has 1 aliphatic carbocycles. The van der Waals surface area contributed by atoms with Crippen molar-refractivity contribution in [2.75, 3.05) is 11.1 Å². The molecule has 8 heteroatoms. The summed E-state index contributed by atoms with van der Waals surface area (Å²) in [5.41, 5.74) is 8.58. The van der Waals surface area contributed by atoms with Gasteiger partial charge in [0.2, 0.25) is 15.9 Å². The third kappa shape index (κ3) is 5.69. The van der Waals surface area contributed by atoms with Gasteiger partial charge in [0.05, 0.1) is 4.90 Å². The number of rotatable bonds is 7. The lowest BCUT2D eigenvalue weighted by Gasteiger charge is -2.12. The Hall–Kier alpha value is -2.09. The van der Waals surface area contributed by atoms with Gasteiger partial charge in [-0.05, 0) is 55.5 Å². The molecule has 0 unspecified atom stereocenters. The second-order valence-electron chi connectivity index (χ2n) is 6.62. The average molecular weight is 410 g/mol. The molecule has 0 heterocycles. The fraction of sp³-hybridized carbons (Fsp3) is 0.316. The molecule has 6 nitrogen and oxygen atoms in total. The third-order valence-electron chi connectivity index (χ3n) is 4.34. The van der Waals surface area contributed by atoms with Gasteiger partial charge in [-0.1, -0.05) is 24.3 Å². The monoisotopic (exact) mass is 409 g/mol. The zero-order valence-corrected chi connectivity index (χ0v) is 16.7. The summed E-state index contributed by atoms with van der Waals surface area (Å²) < 4.78 is 27.6. The largest absolute Gasteiger partial charge is 0.399 e. The standard InChI is InChI=1S/C19H23N3O3S.ClH/c1-13-6-8-16(12-18(13)26(24,25)22-15-9-10-15)21-19(23)11-7-14-4-2-3-5-17(14)20;/h2-6,8,12,15,22H,7,9-11,20H2,1H3,(H,21,23);1H. The van der Waals surface area contributed by atoms with E-state index in [1.807, 2.05) is 18.2 Å². The minimum absolute atomic E-state index is 0. The zero-order chi connectivity index (χ0) is 18.7. The molecule has 27 heavy (non-hydrogen) atoms. The lowest BCUT2D eigenvalue weighted by Crippen LogP contribution is -2.26. The molecule has 0 radical (unpaired) electrons. The Bertz CT molecular complexity index is 928. The Balaban J connectivity index is 0.00000261. The number of aryl methyl sites for hydroxylation is 2. The first kappa shape index (κ1) is 21.2. The number of carbonyl (C=O) groups is 1. The fourth-order valence-electron chi connectivity index (χ4n) is 2.68. The van der Waals surface area contributed by atoms with Crippen molar-refractivity contribution in [3.63, 3.8) is 0 Å². The summed E-state index contributed by atoms with van der Waals surface area (Å²) in [4.78, 5) is 12.4. The van der Waals surface area contributed by atoms with Crippen LogP contribution in [0.5, 0.6) is 0 Å². The number of anilines is 2. The number of nitrogens with one attached hydrogen (secondary N) is 2. The normalized spacial score (nSPS) is 13.7. The van der Waals surface area contributed by atoms with Crippen LogP contribution in [0.2, 0.25) is 0 Å². The van der Waals surface area contributed by atoms with E-state index in [-0.39, 0.29) is 35.7 Å². The van der Waals surface area contributed by atoms with Crippen LogP contribution >= 0.6 is 12.4 Å². The Labute approximate surface area is 166 Å². The van der Waals surface area contributed by atoms with Gasteiger partial charge in [0, 0.05) is 23.8 Å². The first-order chi connectivity index (χ1) is 12.3. The average Bonchev–Trinajstić information content (AvgIpc) is 3.39. The Morgan fingerprint density at radius 2 is 1.89 bits per heavy atom. The molecule has 4 N–H and O–H groups in total. The molecular weight excluding hydrogens is 386 g/mol. The van der Waals surface area contributed by atoms with Crippen LogP contribution in [-0.2, 0) is 21.2 Å². The summed E-state index contributed by atoms with van der Waals surface area (Å²) in [6.07, 6.45) is 2.54. The number of benzene rings is 2. The molecule has 1 amide bonds. The van der Waals surface area contributed by atoms with E-state index < -0.39 is 10.0 Å². The maximum Gasteiger partial charge on any atom is 0.241 e. The lowest BCUT2D eigenvalue weighted by atomic mass is 10.1. The molecule has 1 saturated carbocycles. The molecule has 0 aromatic heterocycles. The van der Waals surface area contributed by atoms with Gasteiger partial charge in [0.25, 0.3) is 0 Å². The van der Waals surface area contributed by atoms with Crippen LogP contribution in [0.3, 0.4) is 0 Å². The van der Waals surface area contributed by atoms with Gasteiger partial charge in [0.15, 0.2) is 0 Å². The minimum Gasteiger partial charge on any atom is -0.399 e. The highest BCUT2D eigenvalue weighted by molar-refractivity contribution is 7.89. The van der Waals surface area contributed by atoms with Crippen LogP contribution in [0.15, 0.2) is 47.4 Å². The van der Waals surface area contributed by atoms with Crippen LogP contribution in [-0.4, -0.2) is 20.4 Å². The van der Waals surface area contributed by atoms with Crippen molar-refractivity contribution in [2.45, 2.75) is 43.5 Å². The maximum atomic E-state index is 12.5. The van der Waals surface area contributed by atoms with Crippen LogP contribution in [0.4, 0.5) is 11.4 Å². The molecule has 146 valence electrons. The van der Waals surface area contributed by atoms with E-state index in [1.165, 1.54) is 6.07 Å². The van der Waals surface area contributed by atoms with E-state index in [1.54, 1.807) is 25.1 Å². The van der Waals surface area contributed by atoms with E-state index in [9.17, 15) is 13.2 Å². The number of para-hydroxylation sites is 1. The molecule has 2 aromatic rings. The van der Waals surface area contributed by atoms with E-state index in [4.69, 9.17) is 5.73 Å². The smallest absolute Gasteiger partial charge is 0.241 e. The van der Waals surface area contributed by atoms with E-state index in [2.05, 4.69) is 10.0 Å². The fourth-order valence-corrected chi connectivity index (χ4v) is 4.26. The summed E-state index contributed by atoms with van der Waals surface area (Å²) >= 11 is 0. The van der Waals surface area contributed by atoms with Gasteiger partial charge in [-0.3, -0.25) is 4.79 Å². The van der Waals surface area contributed by atoms with Crippen LogP contribution in [0, 0.1) is 6.92 Å². The lowest BCUT2D eigenvalue weighted by molar-refractivity contribution is -0.116. The van der Waals surface area contributed by atoms with Crippen molar-refractivity contribution >= 4 is 39.7 Å². The van der Waals surface area contributed by atoms with Crippen LogP contribution in [0.1, 0.15) is 30.4 Å². The predicted octanol–water partition coefficient (Wildman–Crippen LogP) is 3.01. The molecule has 3 rings (SSSR count). The highest BCUT2D eigenvalue weighted by Crippen LogP contribution is 2.25. The molecule has 0 saturated heterocycles. The van der Waals surface area contributed by atoms with Crippen molar-refractivity contribution in [1.29, 1.82) is 0 Å². The number of sulfonamides is 1. The first-order valence-corrected chi connectivity index (χ1v) is 10.1. The van der Waals surface area contributed by atoms with Gasteiger partial charge in [-0.25, -0.2) is 13.1 Å². The first-order valence-electron chi connectivity index (χ1n) is 8.61. The van der Waals surface area contributed by atoms with E-state index in [0.717, 1.165) is 18.4 Å². The molecule has 0 bridgehead atoms. The second kappa shape index (κ2) is 8.73. The molecule has 0 atom stereocenters. The highest BCUT2D eigenvalue weighted by Gasteiger charge is 2.29. The summed E-state index contributed by atoms with van der Waals surface area (Å²) in [7, 11) is -3.56. The number of hydrogen-bond acceptors (Lipinski definition) is 4. The number of amides is 1. The molecule has 0 spiro atoms. The molecule has 1 fully saturated rings. The zero-order valence-electron chi connectivity index (χ0n) is 15.1. The number of nitrogen functional groups attached to an aromatic ring is 1. The second-order valence-corrected chi connectivity index (χ2v) is 8.31. The summed E-state index contributed by atoms with van der Waals surface area (Å²) in [5, 5.41) is 2.77. The SMILES string of the molecule is Cc1ccc(NC(=O)CCc2ccccc2N)cc1S(=O)(=O)NC1CC1.Cl. The molecule has 2 aromatic carbocycles. The van der Waals surface area contributed by atoms with Crippen LogP contribution in [0.25, 0.3) is 0 Å². The highest BCUT2D eigenvalue weighted by atomic mass is 35.5. The Kier molecular flexibility index (Phi) is 6.86. The Morgan fingerprint density at radius 3 is 2.56 bits per heavy atom. The van der Waals surface area contributed by atoms with Crippen LogP contribution < -0.4 is 15.8 Å². The van der Waals surface area contributed by atoms with Crippen molar-refractivity contribution < 1.29 is 13.2 Å².